The highest BCUT2D eigenvalue weighted by Gasteiger charge is 2.14. The molecule has 8 heteroatoms. The van der Waals surface area contributed by atoms with E-state index < -0.39 is 0 Å². The molecule has 0 amide bonds. The van der Waals surface area contributed by atoms with Gasteiger partial charge in [0.2, 0.25) is 0 Å². The molecule has 2 aromatic carbocycles. The molecule has 0 saturated carbocycles. The average Bonchev–Trinajstić information content (AvgIpc) is 3.47. The molecule has 0 aliphatic rings. The topological polar surface area (TPSA) is 84.2 Å². The van der Waals surface area contributed by atoms with Crippen LogP contribution in [0.3, 0.4) is 0 Å². The number of carbonyl (C=O) groups excluding carboxylic acids is 1. The standard InChI is InChI=1S/C17H17N3O3.C10H14O.C8H18O/c1-4-14(21)12-10-17-18-8-7-13(20(17)19-12)11-5-6-15(22-2)16(9-11)23-3;1-3-8-11-10-6-4-9(2)5-7-10;1-4-6-9-7-5-8(2)3/h5-10H,4H2,1-3H3;4-7H,3,8H2,1-2H3;8H,4-7H2,1-3H3. The zero-order valence-corrected chi connectivity index (χ0v) is 27.2. The molecule has 0 atom stereocenters. The van der Waals surface area contributed by atoms with Crippen molar-refractivity contribution >= 4 is 11.4 Å². The van der Waals surface area contributed by atoms with Gasteiger partial charge in [0.15, 0.2) is 22.9 Å². The van der Waals surface area contributed by atoms with Crippen LogP contribution in [-0.2, 0) is 4.74 Å². The van der Waals surface area contributed by atoms with Crippen molar-refractivity contribution < 1.29 is 23.7 Å². The number of carbonyl (C=O) groups is 1. The van der Waals surface area contributed by atoms with Gasteiger partial charge in [-0.2, -0.15) is 5.10 Å². The quantitative estimate of drug-likeness (QED) is 0.114. The van der Waals surface area contributed by atoms with Crippen LogP contribution in [0.5, 0.6) is 17.2 Å². The molecular weight excluding hydrogens is 542 g/mol. The van der Waals surface area contributed by atoms with E-state index in [1.54, 1.807) is 31.0 Å². The number of Topliss-reactive ketones (excluding diaryl/α,β-unsaturated/α-hetero) is 1. The van der Waals surface area contributed by atoms with Crippen LogP contribution in [-0.4, -0.2) is 54.4 Å². The van der Waals surface area contributed by atoms with Crippen LogP contribution < -0.4 is 14.2 Å². The van der Waals surface area contributed by atoms with Gasteiger partial charge in [-0.05, 0) is 68.5 Å². The first-order chi connectivity index (χ1) is 20.8. The number of ketones is 1. The van der Waals surface area contributed by atoms with E-state index in [0.717, 1.165) is 55.6 Å². The molecule has 4 aromatic rings. The molecule has 0 aliphatic carbocycles. The summed E-state index contributed by atoms with van der Waals surface area (Å²) in [5.74, 6) is 3.03. The van der Waals surface area contributed by atoms with E-state index in [4.69, 9.17) is 18.9 Å². The number of ether oxygens (including phenoxy) is 4. The fourth-order valence-corrected chi connectivity index (χ4v) is 3.85. The molecule has 2 heterocycles. The van der Waals surface area contributed by atoms with Gasteiger partial charge in [-0.3, -0.25) is 4.79 Å². The third kappa shape index (κ3) is 11.7. The summed E-state index contributed by atoms with van der Waals surface area (Å²) in [7, 11) is 3.19. The molecule has 0 fully saturated rings. The lowest BCUT2D eigenvalue weighted by atomic mass is 10.1. The van der Waals surface area contributed by atoms with Crippen molar-refractivity contribution in [3.8, 4) is 28.5 Å². The van der Waals surface area contributed by atoms with Crippen molar-refractivity contribution in [1.29, 1.82) is 0 Å². The second-order valence-electron chi connectivity index (χ2n) is 10.4. The Hall–Kier alpha value is -3.91. The summed E-state index contributed by atoms with van der Waals surface area (Å²) in [6, 6.07) is 17.3. The second kappa shape index (κ2) is 19.3. The van der Waals surface area contributed by atoms with Gasteiger partial charge in [0.25, 0.3) is 0 Å². The number of benzene rings is 2. The highest BCUT2D eigenvalue weighted by molar-refractivity contribution is 5.95. The van der Waals surface area contributed by atoms with Crippen molar-refractivity contribution in [3.05, 3.63) is 72.1 Å². The highest BCUT2D eigenvalue weighted by Crippen LogP contribution is 2.32. The zero-order chi connectivity index (χ0) is 31.6. The van der Waals surface area contributed by atoms with Gasteiger partial charge in [-0.15, -0.1) is 0 Å². The first-order valence-corrected chi connectivity index (χ1v) is 15.1. The summed E-state index contributed by atoms with van der Waals surface area (Å²) in [6.07, 6.45) is 5.50. The van der Waals surface area contributed by atoms with E-state index in [0.29, 0.717) is 29.3 Å². The van der Waals surface area contributed by atoms with Crippen molar-refractivity contribution in [1.82, 2.24) is 14.6 Å². The van der Waals surface area contributed by atoms with Crippen LogP contribution in [0.15, 0.2) is 60.8 Å². The van der Waals surface area contributed by atoms with Gasteiger partial charge in [0, 0.05) is 37.5 Å². The van der Waals surface area contributed by atoms with E-state index in [2.05, 4.69) is 56.8 Å². The molecule has 0 N–H and O–H groups in total. The fourth-order valence-electron chi connectivity index (χ4n) is 3.85. The second-order valence-corrected chi connectivity index (χ2v) is 10.4. The lowest BCUT2D eigenvalue weighted by molar-refractivity contribution is 0.0983. The van der Waals surface area contributed by atoms with Gasteiger partial charge in [-0.25, -0.2) is 9.50 Å². The Kier molecular flexibility index (Phi) is 15.8. The Morgan fingerprint density at radius 3 is 2.16 bits per heavy atom. The van der Waals surface area contributed by atoms with Gasteiger partial charge < -0.3 is 18.9 Å². The zero-order valence-electron chi connectivity index (χ0n) is 27.2. The first kappa shape index (κ1) is 35.3. The molecular formula is C35H49N3O5. The minimum atomic E-state index is -0.00578. The summed E-state index contributed by atoms with van der Waals surface area (Å²) >= 11 is 0. The van der Waals surface area contributed by atoms with E-state index in [-0.39, 0.29) is 5.78 Å². The van der Waals surface area contributed by atoms with E-state index in [1.165, 1.54) is 12.0 Å². The van der Waals surface area contributed by atoms with Gasteiger partial charge in [-0.1, -0.05) is 52.3 Å². The normalized spacial score (nSPS) is 10.4. The molecule has 43 heavy (non-hydrogen) atoms. The van der Waals surface area contributed by atoms with Gasteiger partial charge >= 0.3 is 0 Å². The Morgan fingerprint density at radius 1 is 0.860 bits per heavy atom. The van der Waals surface area contributed by atoms with Crippen LogP contribution in [0.4, 0.5) is 0 Å². The number of hydrogen-bond acceptors (Lipinski definition) is 7. The minimum absolute atomic E-state index is 0.00578. The first-order valence-electron chi connectivity index (χ1n) is 15.1. The average molecular weight is 592 g/mol. The summed E-state index contributed by atoms with van der Waals surface area (Å²) < 4.78 is 23.0. The maximum atomic E-state index is 11.9. The van der Waals surface area contributed by atoms with Crippen molar-refractivity contribution in [2.75, 3.05) is 34.0 Å². The molecule has 8 nitrogen and oxygen atoms in total. The molecule has 4 rings (SSSR count). The summed E-state index contributed by atoms with van der Waals surface area (Å²) in [4.78, 5) is 16.1. The molecule has 0 spiro atoms. The number of methoxy groups -OCH3 is 2. The molecule has 0 saturated heterocycles. The highest BCUT2D eigenvalue weighted by atomic mass is 16.5. The third-order valence-electron chi connectivity index (χ3n) is 6.33. The number of aryl methyl sites for hydroxylation is 1. The predicted molar refractivity (Wildman–Crippen MR) is 174 cm³/mol. The fraction of sp³-hybridized carbons (Fsp3) is 0.457. The van der Waals surface area contributed by atoms with E-state index in [1.807, 2.05) is 43.3 Å². The van der Waals surface area contributed by atoms with Crippen LogP contribution in [0.2, 0.25) is 0 Å². The largest absolute Gasteiger partial charge is 0.494 e. The Bertz CT molecular complexity index is 1370. The lowest BCUT2D eigenvalue weighted by Crippen LogP contribution is -2.00. The van der Waals surface area contributed by atoms with Gasteiger partial charge in [0.1, 0.15) is 11.4 Å². The number of nitrogens with zero attached hydrogens (tertiary/aromatic N) is 3. The number of fused-ring (bicyclic) bond motifs is 1. The van der Waals surface area contributed by atoms with E-state index in [9.17, 15) is 4.79 Å². The SMILES string of the molecule is CCC(=O)c1cc2nccc(-c3ccc(OC)c(OC)c3)n2n1.CCCOCCC(C)C.CCCOc1ccc(C)cc1. The van der Waals surface area contributed by atoms with Crippen LogP contribution in [0, 0.1) is 12.8 Å². The predicted octanol–water partition coefficient (Wildman–Crippen LogP) is 8.25. The molecule has 0 unspecified atom stereocenters. The Labute approximate surface area is 257 Å². The smallest absolute Gasteiger partial charge is 0.182 e. The molecule has 0 aliphatic heterocycles. The molecule has 0 radical (unpaired) electrons. The lowest BCUT2D eigenvalue weighted by Gasteiger charge is -2.10. The Morgan fingerprint density at radius 2 is 1.56 bits per heavy atom. The maximum Gasteiger partial charge on any atom is 0.182 e. The monoisotopic (exact) mass is 591 g/mol. The summed E-state index contributed by atoms with van der Waals surface area (Å²) in [6.45, 7) is 15.2. The van der Waals surface area contributed by atoms with Crippen molar-refractivity contribution in [3.63, 3.8) is 0 Å². The summed E-state index contributed by atoms with van der Waals surface area (Å²) in [5.41, 5.74) is 4.05. The van der Waals surface area contributed by atoms with Crippen LogP contribution in [0.1, 0.15) is 76.4 Å². The van der Waals surface area contributed by atoms with Crippen molar-refractivity contribution in [2.24, 2.45) is 5.92 Å². The maximum absolute atomic E-state index is 11.9. The summed E-state index contributed by atoms with van der Waals surface area (Å²) in [5, 5.41) is 4.39. The molecule has 0 bridgehead atoms. The minimum Gasteiger partial charge on any atom is -0.494 e. The third-order valence-corrected chi connectivity index (χ3v) is 6.33. The number of aromatic nitrogens is 3. The van der Waals surface area contributed by atoms with E-state index >= 15 is 0 Å². The van der Waals surface area contributed by atoms with Crippen LogP contribution >= 0.6 is 0 Å². The molecule has 2 aromatic heterocycles. The Balaban J connectivity index is 0.000000268. The molecule has 234 valence electrons. The van der Waals surface area contributed by atoms with Gasteiger partial charge in [0.05, 0.1) is 26.5 Å². The number of rotatable bonds is 13. The number of hydrogen-bond donors (Lipinski definition) is 0. The van der Waals surface area contributed by atoms with Crippen LogP contribution in [0.25, 0.3) is 16.9 Å². The van der Waals surface area contributed by atoms with Crippen molar-refractivity contribution in [2.45, 2.75) is 67.2 Å².